The predicted molar refractivity (Wildman–Crippen MR) is 97.3 cm³/mol. The first-order chi connectivity index (χ1) is 12.7. The van der Waals surface area contributed by atoms with Crippen LogP contribution in [0.15, 0.2) is 53.4 Å². The molecule has 0 unspecified atom stereocenters. The van der Waals surface area contributed by atoms with E-state index >= 15 is 0 Å². The van der Waals surface area contributed by atoms with E-state index in [0.29, 0.717) is 4.90 Å². The van der Waals surface area contributed by atoms with Gasteiger partial charge in [0, 0.05) is 11.3 Å². The molecule has 2 atom stereocenters. The summed E-state index contributed by atoms with van der Waals surface area (Å²) < 4.78 is 38.4. The average molecular weight is 394 g/mol. The molecular weight excluding hydrogens is 377 g/mol. The first-order valence-corrected chi connectivity index (χ1v) is 9.15. The van der Waals surface area contributed by atoms with Gasteiger partial charge in [-0.2, -0.15) is 13.2 Å². The Kier molecular flexibility index (Phi) is 5.46. The van der Waals surface area contributed by atoms with Crippen LogP contribution in [0.1, 0.15) is 30.5 Å². The zero-order valence-electron chi connectivity index (χ0n) is 14.3. The van der Waals surface area contributed by atoms with Gasteiger partial charge in [-0.25, -0.2) is 0 Å². The standard InChI is InChI=1S/C19H17F3N2O2S/c1-11(12-5-3-2-4-6-12)23-17(25)10-16-18(26)24-14-9-13(19(20,21)22)7-8-15(14)27-16/h2-9,11,16H,10H2,1H3,(H,23,25)(H,24,26)/t11-,16-/m1/s1. The van der Waals surface area contributed by atoms with E-state index in [2.05, 4.69) is 10.6 Å². The molecule has 0 spiro atoms. The maximum Gasteiger partial charge on any atom is 0.416 e. The summed E-state index contributed by atoms with van der Waals surface area (Å²) in [6.45, 7) is 1.84. The number of carbonyl (C=O) groups excluding carboxylic acids is 2. The lowest BCUT2D eigenvalue weighted by atomic mass is 10.1. The van der Waals surface area contributed by atoms with Crippen molar-refractivity contribution in [2.45, 2.75) is 35.7 Å². The van der Waals surface area contributed by atoms with E-state index in [-0.39, 0.29) is 24.1 Å². The third kappa shape index (κ3) is 4.63. The number of hydrogen-bond acceptors (Lipinski definition) is 3. The van der Waals surface area contributed by atoms with E-state index in [1.54, 1.807) is 0 Å². The van der Waals surface area contributed by atoms with Crippen molar-refractivity contribution in [3.05, 3.63) is 59.7 Å². The van der Waals surface area contributed by atoms with Crippen LogP contribution < -0.4 is 10.6 Å². The van der Waals surface area contributed by atoms with Gasteiger partial charge >= 0.3 is 6.18 Å². The fraction of sp³-hybridized carbons (Fsp3) is 0.263. The van der Waals surface area contributed by atoms with E-state index < -0.39 is 22.9 Å². The minimum atomic E-state index is -4.48. The Morgan fingerprint density at radius 2 is 1.93 bits per heavy atom. The molecule has 8 heteroatoms. The largest absolute Gasteiger partial charge is 0.416 e. The number of amides is 2. The zero-order chi connectivity index (χ0) is 19.6. The zero-order valence-corrected chi connectivity index (χ0v) is 15.2. The van der Waals surface area contributed by atoms with Gasteiger partial charge in [0.2, 0.25) is 11.8 Å². The van der Waals surface area contributed by atoms with Crippen LogP contribution in [0.3, 0.4) is 0 Å². The van der Waals surface area contributed by atoms with Gasteiger partial charge < -0.3 is 10.6 Å². The van der Waals surface area contributed by atoms with Crippen molar-refractivity contribution in [3.63, 3.8) is 0 Å². The van der Waals surface area contributed by atoms with Gasteiger partial charge in [0.15, 0.2) is 0 Å². The molecule has 4 nitrogen and oxygen atoms in total. The van der Waals surface area contributed by atoms with E-state index in [0.717, 1.165) is 29.5 Å². The summed E-state index contributed by atoms with van der Waals surface area (Å²) in [5, 5.41) is 4.61. The predicted octanol–water partition coefficient (Wildman–Crippen LogP) is 4.39. The molecular formula is C19H17F3N2O2S. The van der Waals surface area contributed by atoms with Crippen molar-refractivity contribution in [3.8, 4) is 0 Å². The molecule has 0 bridgehead atoms. The quantitative estimate of drug-likeness (QED) is 0.809. The topological polar surface area (TPSA) is 58.2 Å². The number of halogens is 3. The van der Waals surface area contributed by atoms with Crippen molar-refractivity contribution in [2.75, 3.05) is 5.32 Å². The first-order valence-electron chi connectivity index (χ1n) is 8.27. The lowest BCUT2D eigenvalue weighted by molar-refractivity contribution is -0.137. The summed E-state index contributed by atoms with van der Waals surface area (Å²) in [5.41, 5.74) is 0.237. The molecule has 1 aliphatic heterocycles. The summed E-state index contributed by atoms with van der Waals surface area (Å²) in [7, 11) is 0. The van der Waals surface area contributed by atoms with Crippen molar-refractivity contribution >= 4 is 29.3 Å². The van der Waals surface area contributed by atoms with Crippen LogP contribution in [0.5, 0.6) is 0 Å². The van der Waals surface area contributed by atoms with E-state index in [1.807, 2.05) is 37.3 Å². The minimum Gasteiger partial charge on any atom is -0.350 e. The van der Waals surface area contributed by atoms with Crippen LogP contribution in [0.2, 0.25) is 0 Å². The first kappa shape index (κ1) is 19.3. The van der Waals surface area contributed by atoms with Gasteiger partial charge in [0.1, 0.15) is 0 Å². The van der Waals surface area contributed by atoms with Crippen LogP contribution >= 0.6 is 11.8 Å². The van der Waals surface area contributed by atoms with Crippen molar-refractivity contribution < 1.29 is 22.8 Å². The number of rotatable bonds is 4. The van der Waals surface area contributed by atoms with Gasteiger partial charge in [-0.15, -0.1) is 11.8 Å². The molecule has 2 aromatic rings. The molecule has 0 aromatic heterocycles. The van der Waals surface area contributed by atoms with Crippen LogP contribution in [0.25, 0.3) is 0 Å². The summed E-state index contributed by atoms with van der Waals surface area (Å²) in [5.74, 6) is -0.774. The highest BCUT2D eigenvalue weighted by Gasteiger charge is 2.34. The van der Waals surface area contributed by atoms with Gasteiger partial charge in [-0.1, -0.05) is 30.3 Å². The number of nitrogens with one attached hydrogen (secondary N) is 2. The van der Waals surface area contributed by atoms with E-state index in [9.17, 15) is 22.8 Å². The summed E-state index contributed by atoms with van der Waals surface area (Å²) >= 11 is 1.10. The number of thioether (sulfide) groups is 1. The minimum absolute atomic E-state index is 0.0614. The second kappa shape index (κ2) is 7.64. The third-order valence-corrected chi connectivity index (χ3v) is 5.45. The van der Waals surface area contributed by atoms with Crippen LogP contribution in [0.4, 0.5) is 18.9 Å². The SMILES string of the molecule is C[C@@H](NC(=O)C[C@H]1Sc2ccc(C(F)(F)F)cc2NC1=O)c1ccccc1. The number of hydrogen-bond donors (Lipinski definition) is 2. The molecule has 0 saturated heterocycles. The Hall–Kier alpha value is -2.48. The Balaban J connectivity index is 1.65. The molecule has 142 valence electrons. The monoisotopic (exact) mass is 394 g/mol. The van der Waals surface area contributed by atoms with Gasteiger partial charge in [-0.3, -0.25) is 9.59 Å². The molecule has 0 saturated carbocycles. The maximum absolute atomic E-state index is 12.8. The highest BCUT2D eigenvalue weighted by atomic mass is 32.2. The van der Waals surface area contributed by atoms with Crippen molar-refractivity contribution in [2.24, 2.45) is 0 Å². The fourth-order valence-electron chi connectivity index (χ4n) is 2.75. The van der Waals surface area contributed by atoms with Crippen molar-refractivity contribution in [1.29, 1.82) is 0 Å². The number of anilines is 1. The molecule has 2 amide bonds. The smallest absolute Gasteiger partial charge is 0.350 e. The Morgan fingerprint density at radius 1 is 1.22 bits per heavy atom. The number of alkyl halides is 3. The molecule has 1 aliphatic rings. The maximum atomic E-state index is 12.8. The average Bonchev–Trinajstić information content (AvgIpc) is 2.61. The lowest BCUT2D eigenvalue weighted by Gasteiger charge is -2.25. The van der Waals surface area contributed by atoms with Crippen LogP contribution in [-0.4, -0.2) is 17.1 Å². The molecule has 27 heavy (non-hydrogen) atoms. The van der Waals surface area contributed by atoms with Gasteiger partial charge in [0.25, 0.3) is 0 Å². The summed E-state index contributed by atoms with van der Waals surface area (Å²) in [4.78, 5) is 25.0. The number of carbonyl (C=O) groups is 2. The Bertz CT molecular complexity index is 856. The number of fused-ring (bicyclic) bond motifs is 1. The van der Waals surface area contributed by atoms with Crippen LogP contribution in [0, 0.1) is 0 Å². The molecule has 0 fully saturated rings. The van der Waals surface area contributed by atoms with Gasteiger partial charge in [-0.05, 0) is 30.7 Å². The highest BCUT2D eigenvalue weighted by Crippen LogP contribution is 2.40. The molecule has 1 heterocycles. The Labute approximate surface area is 158 Å². The highest BCUT2D eigenvalue weighted by molar-refractivity contribution is 8.01. The molecule has 2 aromatic carbocycles. The molecule has 3 rings (SSSR count). The van der Waals surface area contributed by atoms with Crippen molar-refractivity contribution in [1.82, 2.24) is 5.32 Å². The second-order valence-corrected chi connectivity index (χ2v) is 7.45. The fourth-order valence-corrected chi connectivity index (χ4v) is 3.85. The second-order valence-electron chi connectivity index (χ2n) is 6.21. The van der Waals surface area contributed by atoms with Crippen LogP contribution in [-0.2, 0) is 15.8 Å². The Morgan fingerprint density at radius 3 is 2.59 bits per heavy atom. The normalized spacial score (nSPS) is 17.6. The van der Waals surface area contributed by atoms with E-state index in [4.69, 9.17) is 0 Å². The third-order valence-electron chi connectivity index (χ3n) is 4.17. The molecule has 2 N–H and O–H groups in total. The van der Waals surface area contributed by atoms with E-state index in [1.165, 1.54) is 6.07 Å². The lowest BCUT2D eigenvalue weighted by Crippen LogP contribution is -2.35. The summed E-state index contributed by atoms with van der Waals surface area (Å²) in [6, 6.07) is 12.4. The number of benzene rings is 2. The molecule has 0 aliphatic carbocycles. The summed E-state index contributed by atoms with van der Waals surface area (Å²) in [6.07, 6.45) is -4.54. The molecule has 0 radical (unpaired) electrons. The van der Waals surface area contributed by atoms with Gasteiger partial charge in [0.05, 0.1) is 22.5 Å².